The molecule has 2 rings (SSSR count). The van der Waals surface area contributed by atoms with E-state index in [0.29, 0.717) is 5.96 Å². The van der Waals surface area contributed by atoms with Gasteiger partial charge in [-0.05, 0) is 24.6 Å². The zero-order valence-corrected chi connectivity index (χ0v) is 13.1. The lowest BCUT2D eigenvalue weighted by molar-refractivity contribution is 0.415. The van der Waals surface area contributed by atoms with Gasteiger partial charge < -0.3 is 15.5 Å². The van der Waals surface area contributed by atoms with E-state index in [-0.39, 0.29) is 0 Å². The van der Waals surface area contributed by atoms with Crippen molar-refractivity contribution in [2.75, 3.05) is 13.7 Å². The summed E-state index contributed by atoms with van der Waals surface area (Å²) >= 11 is 0. The van der Waals surface area contributed by atoms with Crippen LogP contribution < -0.4 is 15.9 Å². The Hall–Kier alpha value is -2.50. The number of nitrogens with zero attached hydrogens (tertiary/aromatic N) is 2. The van der Waals surface area contributed by atoms with E-state index in [9.17, 15) is 0 Å². The Morgan fingerprint density at radius 1 is 1.41 bits per heavy atom. The summed E-state index contributed by atoms with van der Waals surface area (Å²) < 4.78 is 5.24. The normalized spacial score (nSPS) is 12.2. The number of fused-ring (bicyclic) bond motifs is 1. The minimum absolute atomic E-state index is 0.338. The molecular weight excluding hydrogens is 280 g/mol. The van der Waals surface area contributed by atoms with Crippen LogP contribution in [0.25, 0.3) is 10.9 Å². The Morgan fingerprint density at radius 3 is 3.05 bits per heavy atom. The predicted molar refractivity (Wildman–Crippen MR) is 91.6 cm³/mol. The first-order valence-electron chi connectivity index (χ1n) is 7.48. The summed E-state index contributed by atoms with van der Waals surface area (Å²) in [6.07, 6.45) is 6.99. The lowest BCUT2D eigenvalue weighted by Gasteiger charge is -2.00. The van der Waals surface area contributed by atoms with Crippen molar-refractivity contribution in [1.82, 2.24) is 10.4 Å². The van der Waals surface area contributed by atoms with E-state index in [1.807, 2.05) is 24.4 Å². The number of ether oxygens (including phenoxy) is 1. The maximum atomic E-state index is 5.75. The summed E-state index contributed by atoms with van der Waals surface area (Å²) in [6, 6.07) is 5.86. The highest BCUT2D eigenvalue weighted by molar-refractivity contribution is 5.99. The van der Waals surface area contributed by atoms with Crippen LogP contribution in [0, 0.1) is 0 Å². The summed E-state index contributed by atoms with van der Waals surface area (Å²) in [4.78, 5) is 7.40. The number of benzene rings is 1. The van der Waals surface area contributed by atoms with Gasteiger partial charge in [0.2, 0.25) is 5.96 Å². The van der Waals surface area contributed by atoms with Gasteiger partial charge in [0.15, 0.2) is 0 Å². The number of unbranched alkanes of at least 4 members (excludes halogenated alkanes) is 2. The summed E-state index contributed by atoms with van der Waals surface area (Å²) in [5.74, 6) is 1.15. The van der Waals surface area contributed by atoms with E-state index in [2.05, 4.69) is 27.4 Å². The van der Waals surface area contributed by atoms with Crippen LogP contribution in [-0.2, 0) is 0 Å². The van der Waals surface area contributed by atoms with Crippen molar-refractivity contribution in [2.45, 2.75) is 26.2 Å². The molecule has 0 aliphatic carbocycles. The Balaban J connectivity index is 1.98. The summed E-state index contributed by atoms with van der Waals surface area (Å²) in [6.45, 7) is 2.89. The van der Waals surface area contributed by atoms with Gasteiger partial charge in [0.1, 0.15) is 5.75 Å². The average molecular weight is 303 g/mol. The van der Waals surface area contributed by atoms with E-state index in [0.717, 1.165) is 41.6 Å². The van der Waals surface area contributed by atoms with Crippen LogP contribution in [0.4, 0.5) is 0 Å². The number of aromatic amines is 1. The fraction of sp³-hybridized carbons (Fsp3) is 0.375. The first-order chi connectivity index (χ1) is 10.7. The zero-order valence-electron chi connectivity index (χ0n) is 13.1. The molecule has 6 heteroatoms. The molecule has 6 nitrogen and oxygen atoms in total. The van der Waals surface area contributed by atoms with Crippen LogP contribution in [0.15, 0.2) is 34.5 Å². The van der Waals surface area contributed by atoms with Gasteiger partial charge in [-0.3, -0.25) is 4.99 Å². The van der Waals surface area contributed by atoms with E-state index >= 15 is 0 Å². The Kier molecular flexibility index (Phi) is 5.82. The number of nitrogens with two attached hydrogens (primary N) is 1. The SMILES string of the molecule is CCCCCN=[14C](N)N/N=C/c1c[nH]c2ccc(OC)cc12. The summed E-state index contributed by atoms with van der Waals surface area (Å²) in [7, 11) is 1.65. The number of H-pyrrole nitrogens is 1. The second-order valence-electron chi connectivity index (χ2n) is 5.00. The number of nitrogens with one attached hydrogen (secondary N) is 2. The van der Waals surface area contributed by atoms with Crippen LogP contribution >= 0.6 is 0 Å². The number of hydrogen-bond acceptors (Lipinski definition) is 3. The van der Waals surface area contributed by atoms with Crippen LogP contribution in [0.5, 0.6) is 5.75 Å². The monoisotopic (exact) mass is 303 g/mol. The molecule has 2 aromatic rings. The molecule has 4 N–H and O–H groups in total. The lowest BCUT2D eigenvalue weighted by atomic mass is 10.2. The van der Waals surface area contributed by atoms with Gasteiger partial charge in [-0.15, -0.1) is 0 Å². The maximum absolute atomic E-state index is 5.75. The fourth-order valence-corrected chi connectivity index (χ4v) is 2.12. The number of hydrazone groups is 1. The topological polar surface area (TPSA) is 87.8 Å². The van der Waals surface area contributed by atoms with Crippen molar-refractivity contribution in [1.29, 1.82) is 0 Å². The molecule has 1 aromatic carbocycles. The molecular formula is C16H23N5O. The summed E-state index contributed by atoms with van der Waals surface area (Å²) in [5.41, 5.74) is 10.5. The Labute approximate surface area is 130 Å². The lowest BCUT2D eigenvalue weighted by Crippen LogP contribution is -2.27. The smallest absolute Gasteiger partial charge is 0.209 e. The molecule has 0 saturated carbocycles. The number of guanidine groups is 1. The number of aromatic nitrogens is 1. The van der Waals surface area contributed by atoms with Crippen molar-refractivity contribution >= 4 is 23.1 Å². The van der Waals surface area contributed by atoms with E-state index in [4.69, 9.17) is 10.5 Å². The van der Waals surface area contributed by atoms with Crippen LogP contribution in [0.3, 0.4) is 0 Å². The molecule has 1 heterocycles. The molecule has 0 aliphatic rings. The Bertz CT molecular complexity index is 660. The molecule has 0 amide bonds. The molecule has 118 valence electrons. The quantitative estimate of drug-likeness (QED) is 0.318. The minimum Gasteiger partial charge on any atom is -0.497 e. The highest BCUT2D eigenvalue weighted by Crippen LogP contribution is 2.22. The van der Waals surface area contributed by atoms with Gasteiger partial charge in [0.25, 0.3) is 0 Å². The highest BCUT2D eigenvalue weighted by atomic mass is 16.5. The molecule has 0 aliphatic heterocycles. The second kappa shape index (κ2) is 8.07. The molecule has 0 bridgehead atoms. The molecule has 22 heavy (non-hydrogen) atoms. The molecule has 1 aromatic heterocycles. The number of aliphatic imine (C=N–C) groups is 1. The van der Waals surface area contributed by atoms with Crippen LogP contribution in [-0.4, -0.2) is 30.8 Å². The molecule has 0 saturated heterocycles. The average Bonchev–Trinajstić information content (AvgIpc) is 2.94. The highest BCUT2D eigenvalue weighted by Gasteiger charge is 2.03. The third kappa shape index (κ3) is 4.25. The van der Waals surface area contributed by atoms with Crippen molar-refractivity contribution in [3.8, 4) is 5.75 Å². The molecule has 0 spiro atoms. The van der Waals surface area contributed by atoms with Gasteiger partial charge >= 0.3 is 0 Å². The van der Waals surface area contributed by atoms with Crippen molar-refractivity contribution in [3.63, 3.8) is 0 Å². The third-order valence-corrected chi connectivity index (χ3v) is 3.35. The van der Waals surface area contributed by atoms with Crippen molar-refractivity contribution < 1.29 is 4.74 Å². The van der Waals surface area contributed by atoms with Crippen molar-refractivity contribution in [3.05, 3.63) is 30.0 Å². The minimum atomic E-state index is 0.338. The number of hydrogen-bond donors (Lipinski definition) is 3. The predicted octanol–water partition coefficient (Wildman–Crippen LogP) is 2.60. The molecule has 0 fully saturated rings. The van der Waals surface area contributed by atoms with Gasteiger partial charge in [-0.2, -0.15) is 5.10 Å². The third-order valence-electron chi connectivity index (χ3n) is 3.35. The van der Waals surface area contributed by atoms with Crippen molar-refractivity contribution in [2.24, 2.45) is 15.8 Å². The number of rotatable bonds is 7. The largest absolute Gasteiger partial charge is 0.497 e. The first kappa shape index (κ1) is 15.9. The number of methoxy groups -OCH3 is 1. The van der Waals surface area contributed by atoms with E-state index < -0.39 is 0 Å². The Morgan fingerprint density at radius 2 is 2.27 bits per heavy atom. The zero-order chi connectivity index (χ0) is 15.8. The first-order valence-corrected chi connectivity index (χ1v) is 7.48. The maximum Gasteiger partial charge on any atom is 0.209 e. The second-order valence-corrected chi connectivity index (χ2v) is 5.00. The fourth-order valence-electron chi connectivity index (χ4n) is 2.12. The van der Waals surface area contributed by atoms with Gasteiger partial charge in [-0.1, -0.05) is 19.8 Å². The molecule has 0 unspecified atom stereocenters. The van der Waals surface area contributed by atoms with Gasteiger partial charge in [-0.25, -0.2) is 5.43 Å². The standard InChI is InChI=1S/C16H23N5O/c1-3-4-5-8-18-16(17)21-20-11-12-10-19-15-7-6-13(22-2)9-14(12)15/h6-7,9-11,19H,3-5,8H2,1-2H3,(H3,17,18,21)/b20-11+/i16+2. The van der Waals surface area contributed by atoms with E-state index in [1.54, 1.807) is 13.3 Å². The van der Waals surface area contributed by atoms with Gasteiger partial charge in [0.05, 0.1) is 13.3 Å². The van der Waals surface area contributed by atoms with Crippen LogP contribution in [0.1, 0.15) is 31.7 Å². The van der Waals surface area contributed by atoms with Crippen LogP contribution in [0.2, 0.25) is 0 Å². The summed E-state index contributed by atoms with van der Waals surface area (Å²) in [5, 5.41) is 5.17. The molecule has 0 atom stereocenters. The van der Waals surface area contributed by atoms with Gasteiger partial charge in [0, 0.05) is 29.2 Å². The molecule has 0 radical (unpaired) electrons. The van der Waals surface area contributed by atoms with E-state index in [1.165, 1.54) is 6.42 Å².